The molecule has 0 saturated carbocycles. The molecule has 0 bridgehead atoms. The zero-order valence-corrected chi connectivity index (χ0v) is 16.5. The number of anilines is 1. The van der Waals surface area contributed by atoms with Gasteiger partial charge in [0.15, 0.2) is 9.84 Å². The lowest BCUT2D eigenvalue weighted by atomic mass is 10.1. The molecule has 4 rings (SSSR count). The van der Waals surface area contributed by atoms with Crippen LogP contribution in [0.25, 0.3) is 5.69 Å². The molecule has 1 aromatic heterocycles. The lowest BCUT2D eigenvalue weighted by molar-refractivity contribution is 0.102. The van der Waals surface area contributed by atoms with Gasteiger partial charge in [0.05, 0.1) is 17.2 Å². The van der Waals surface area contributed by atoms with Crippen LogP contribution >= 0.6 is 0 Å². The van der Waals surface area contributed by atoms with E-state index in [4.69, 9.17) is 0 Å². The molecule has 2 heterocycles. The van der Waals surface area contributed by atoms with Crippen LogP contribution in [0.15, 0.2) is 61.2 Å². The molecule has 0 unspecified atom stereocenters. The quantitative estimate of drug-likeness (QED) is 0.687. The summed E-state index contributed by atoms with van der Waals surface area (Å²) < 4.78 is 24.9. The maximum absolute atomic E-state index is 12.7. The van der Waals surface area contributed by atoms with E-state index < -0.39 is 9.84 Å². The molecule has 0 atom stereocenters. The van der Waals surface area contributed by atoms with Crippen molar-refractivity contribution in [1.82, 2.24) is 19.7 Å². The molecule has 1 fully saturated rings. The Labute approximate surface area is 169 Å². The number of nitrogens with one attached hydrogen (secondary N) is 1. The molecule has 1 saturated heterocycles. The van der Waals surface area contributed by atoms with Crippen LogP contribution in [-0.2, 0) is 16.4 Å². The number of carbonyl (C=O) groups excluding carboxylic acids is 1. The van der Waals surface area contributed by atoms with Crippen molar-refractivity contribution in [2.75, 3.05) is 29.9 Å². The van der Waals surface area contributed by atoms with E-state index in [1.165, 1.54) is 0 Å². The minimum Gasteiger partial charge on any atom is -0.322 e. The van der Waals surface area contributed by atoms with Crippen molar-refractivity contribution in [3.8, 4) is 5.69 Å². The second-order valence-electron chi connectivity index (χ2n) is 7.00. The van der Waals surface area contributed by atoms with Gasteiger partial charge in [-0.3, -0.25) is 14.3 Å². The highest BCUT2D eigenvalue weighted by Gasteiger charge is 2.21. The van der Waals surface area contributed by atoms with Crippen LogP contribution in [0.4, 0.5) is 5.69 Å². The molecular formula is C20H21N5O3S. The van der Waals surface area contributed by atoms with Crippen LogP contribution in [0.2, 0.25) is 0 Å². The Morgan fingerprint density at radius 2 is 1.72 bits per heavy atom. The highest BCUT2D eigenvalue weighted by molar-refractivity contribution is 7.91. The fraction of sp³-hybridized carbons (Fsp3) is 0.250. The van der Waals surface area contributed by atoms with Gasteiger partial charge >= 0.3 is 0 Å². The second kappa shape index (κ2) is 8.14. The largest absolute Gasteiger partial charge is 0.322 e. The first kappa shape index (κ1) is 19.3. The van der Waals surface area contributed by atoms with E-state index in [9.17, 15) is 13.2 Å². The predicted molar refractivity (Wildman–Crippen MR) is 110 cm³/mol. The van der Waals surface area contributed by atoms with E-state index in [0.717, 1.165) is 11.3 Å². The first-order chi connectivity index (χ1) is 14.0. The van der Waals surface area contributed by atoms with Crippen LogP contribution in [0, 0.1) is 0 Å². The summed E-state index contributed by atoms with van der Waals surface area (Å²) in [5, 5.41) is 10.5. The molecule has 0 spiro atoms. The molecular weight excluding hydrogens is 390 g/mol. The molecule has 150 valence electrons. The average molecular weight is 411 g/mol. The number of aromatic nitrogens is 3. The van der Waals surface area contributed by atoms with E-state index in [1.807, 2.05) is 42.5 Å². The van der Waals surface area contributed by atoms with Gasteiger partial charge in [-0.2, -0.15) is 0 Å². The number of benzene rings is 2. The van der Waals surface area contributed by atoms with Crippen LogP contribution in [-0.4, -0.2) is 58.6 Å². The lowest BCUT2D eigenvalue weighted by Gasteiger charge is -2.26. The molecule has 8 nitrogen and oxygen atoms in total. The van der Waals surface area contributed by atoms with Crippen molar-refractivity contribution in [3.63, 3.8) is 0 Å². The van der Waals surface area contributed by atoms with Crippen molar-refractivity contribution in [1.29, 1.82) is 0 Å². The van der Waals surface area contributed by atoms with Gasteiger partial charge in [0.1, 0.15) is 12.7 Å². The Morgan fingerprint density at radius 3 is 2.48 bits per heavy atom. The third-order valence-corrected chi connectivity index (χ3v) is 6.46. The standard InChI is InChI=1S/C20H21N5O3S/c26-20(23-18-5-2-6-19(12-18)25-14-21-22-15-25)17-4-1-3-16(11-17)13-24-7-9-29(27,28)10-8-24/h1-6,11-12,14-15H,7-10,13H2,(H,23,26). The van der Waals surface area contributed by atoms with E-state index >= 15 is 0 Å². The zero-order chi connectivity index (χ0) is 20.3. The summed E-state index contributed by atoms with van der Waals surface area (Å²) >= 11 is 0. The van der Waals surface area contributed by atoms with Crippen LogP contribution < -0.4 is 5.32 Å². The van der Waals surface area contributed by atoms with Gasteiger partial charge in [-0.1, -0.05) is 18.2 Å². The van der Waals surface area contributed by atoms with Crippen LogP contribution in [0.5, 0.6) is 0 Å². The molecule has 0 aliphatic carbocycles. The van der Waals surface area contributed by atoms with E-state index in [-0.39, 0.29) is 17.4 Å². The van der Waals surface area contributed by atoms with Gasteiger partial charge in [-0.25, -0.2) is 8.42 Å². The summed E-state index contributed by atoms with van der Waals surface area (Å²) in [6.07, 6.45) is 3.19. The molecule has 1 aliphatic heterocycles. The molecule has 29 heavy (non-hydrogen) atoms. The summed E-state index contributed by atoms with van der Waals surface area (Å²) in [5.74, 6) is 0.181. The molecule has 1 aliphatic rings. The van der Waals surface area contributed by atoms with Crippen molar-refractivity contribution in [2.45, 2.75) is 6.54 Å². The van der Waals surface area contributed by atoms with Crippen molar-refractivity contribution < 1.29 is 13.2 Å². The Morgan fingerprint density at radius 1 is 1.00 bits per heavy atom. The highest BCUT2D eigenvalue weighted by Crippen LogP contribution is 2.17. The minimum atomic E-state index is -2.90. The summed E-state index contributed by atoms with van der Waals surface area (Å²) in [7, 11) is -2.90. The maximum atomic E-state index is 12.7. The summed E-state index contributed by atoms with van der Waals surface area (Å²) in [4.78, 5) is 14.8. The Balaban J connectivity index is 1.43. The van der Waals surface area contributed by atoms with Gasteiger partial charge in [0, 0.05) is 30.9 Å². The molecule has 9 heteroatoms. The Kier molecular flexibility index (Phi) is 5.41. The maximum Gasteiger partial charge on any atom is 0.255 e. The fourth-order valence-electron chi connectivity index (χ4n) is 3.26. The first-order valence-corrected chi connectivity index (χ1v) is 11.1. The molecule has 0 radical (unpaired) electrons. The summed E-state index contributed by atoms with van der Waals surface area (Å²) in [6, 6.07) is 14.8. The fourth-order valence-corrected chi connectivity index (χ4v) is 4.54. The minimum absolute atomic E-state index is 0.190. The van der Waals surface area contributed by atoms with Gasteiger partial charge < -0.3 is 5.32 Å². The topological polar surface area (TPSA) is 97.2 Å². The zero-order valence-electron chi connectivity index (χ0n) is 15.7. The van der Waals surface area contributed by atoms with E-state index in [1.54, 1.807) is 23.3 Å². The SMILES string of the molecule is O=C(Nc1cccc(-n2cnnc2)c1)c1cccc(CN2CCS(=O)(=O)CC2)c1. The molecule has 3 aromatic rings. The smallest absolute Gasteiger partial charge is 0.255 e. The normalized spacial score (nSPS) is 16.4. The third kappa shape index (κ3) is 4.87. The monoisotopic (exact) mass is 411 g/mol. The predicted octanol–water partition coefficient (Wildman–Crippen LogP) is 1.75. The number of hydrogen-bond acceptors (Lipinski definition) is 6. The number of amides is 1. The Hall–Kier alpha value is -3.04. The number of sulfone groups is 1. The number of nitrogens with zero attached hydrogens (tertiary/aromatic N) is 4. The van der Waals surface area contributed by atoms with Gasteiger partial charge in [-0.05, 0) is 35.9 Å². The van der Waals surface area contributed by atoms with Gasteiger partial charge in [0.2, 0.25) is 0 Å². The molecule has 1 N–H and O–H groups in total. The van der Waals surface area contributed by atoms with Gasteiger partial charge in [-0.15, -0.1) is 10.2 Å². The third-order valence-electron chi connectivity index (χ3n) is 4.85. The molecule has 2 aromatic carbocycles. The van der Waals surface area contributed by atoms with Crippen molar-refractivity contribution in [3.05, 3.63) is 72.3 Å². The van der Waals surface area contributed by atoms with Crippen molar-refractivity contribution in [2.24, 2.45) is 0 Å². The van der Waals surface area contributed by atoms with E-state index in [0.29, 0.717) is 30.9 Å². The highest BCUT2D eigenvalue weighted by atomic mass is 32.2. The lowest BCUT2D eigenvalue weighted by Crippen LogP contribution is -2.39. The summed E-state index contributed by atoms with van der Waals surface area (Å²) in [6.45, 7) is 1.67. The van der Waals surface area contributed by atoms with E-state index in [2.05, 4.69) is 20.4 Å². The van der Waals surface area contributed by atoms with Crippen LogP contribution in [0.3, 0.4) is 0 Å². The first-order valence-electron chi connectivity index (χ1n) is 9.27. The molecule has 1 amide bonds. The number of hydrogen-bond donors (Lipinski definition) is 1. The number of carbonyl (C=O) groups is 1. The summed E-state index contributed by atoms with van der Waals surface area (Å²) in [5.41, 5.74) is 3.06. The number of rotatable bonds is 5. The van der Waals surface area contributed by atoms with Crippen LogP contribution in [0.1, 0.15) is 15.9 Å². The van der Waals surface area contributed by atoms with Crippen molar-refractivity contribution >= 4 is 21.4 Å². The van der Waals surface area contributed by atoms with Gasteiger partial charge in [0.25, 0.3) is 5.91 Å². The Bertz CT molecular complexity index is 1100. The second-order valence-corrected chi connectivity index (χ2v) is 9.31. The average Bonchev–Trinajstić information content (AvgIpc) is 3.25.